The first-order chi connectivity index (χ1) is 10.3. The standard InChI is InChI=1S/C17H15BrN2O/c1-21-17-8-7-13(9-16(17)18)11-20-12-15(10-19-20)14-5-3-2-4-6-14/h2-10,12H,11H2,1H3. The summed E-state index contributed by atoms with van der Waals surface area (Å²) in [5.74, 6) is 0.837. The van der Waals surface area contributed by atoms with Gasteiger partial charge in [-0.3, -0.25) is 4.68 Å². The summed E-state index contributed by atoms with van der Waals surface area (Å²) < 4.78 is 8.14. The molecule has 2 aromatic carbocycles. The van der Waals surface area contributed by atoms with Crippen molar-refractivity contribution in [1.29, 1.82) is 0 Å². The molecule has 0 N–H and O–H groups in total. The minimum Gasteiger partial charge on any atom is -0.496 e. The average Bonchev–Trinajstić information content (AvgIpc) is 2.97. The number of aromatic nitrogens is 2. The molecule has 1 heterocycles. The zero-order valence-electron chi connectivity index (χ0n) is 11.7. The molecule has 0 atom stereocenters. The molecule has 3 aromatic rings. The number of benzene rings is 2. The lowest BCUT2D eigenvalue weighted by molar-refractivity contribution is 0.412. The number of rotatable bonds is 4. The van der Waals surface area contributed by atoms with Gasteiger partial charge < -0.3 is 4.74 Å². The van der Waals surface area contributed by atoms with Crippen LogP contribution in [-0.2, 0) is 6.54 Å². The molecular formula is C17H15BrN2O. The van der Waals surface area contributed by atoms with E-state index in [-0.39, 0.29) is 0 Å². The second-order valence-electron chi connectivity index (χ2n) is 4.76. The van der Waals surface area contributed by atoms with Crippen LogP contribution >= 0.6 is 15.9 Å². The van der Waals surface area contributed by atoms with Gasteiger partial charge in [0, 0.05) is 11.8 Å². The first-order valence-electron chi connectivity index (χ1n) is 6.66. The Morgan fingerprint density at radius 3 is 2.62 bits per heavy atom. The largest absolute Gasteiger partial charge is 0.496 e. The quantitative estimate of drug-likeness (QED) is 0.703. The molecule has 0 unspecified atom stereocenters. The molecule has 21 heavy (non-hydrogen) atoms. The fourth-order valence-electron chi connectivity index (χ4n) is 2.23. The van der Waals surface area contributed by atoms with E-state index in [4.69, 9.17) is 4.74 Å². The fourth-order valence-corrected chi connectivity index (χ4v) is 2.81. The van der Waals surface area contributed by atoms with E-state index >= 15 is 0 Å². The number of nitrogens with zero attached hydrogens (tertiary/aromatic N) is 2. The molecule has 106 valence electrons. The number of halogens is 1. The summed E-state index contributed by atoms with van der Waals surface area (Å²) in [5, 5.41) is 4.43. The highest BCUT2D eigenvalue weighted by molar-refractivity contribution is 9.10. The molecule has 3 nitrogen and oxygen atoms in total. The molecule has 0 radical (unpaired) electrons. The van der Waals surface area contributed by atoms with Crippen LogP contribution in [0.25, 0.3) is 11.1 Å². The van der Waals surface area contributed by atoms with E-state index in [0.29, 0.717) is 0 Å². The zero-order valence-corrected chi connectivity index (χ0v) is 13.2. The Hall–Kier alpha value is -2.07. The van der Waals surface area contributed by atoms with Crippen molar-refractivity contribution in [2.45, 2.75) is 6.54 Å². The molecule has 0 spiro atoms. The maximum Gasteiger partial charge on any atom is 0.133 e. The van der Waals surface area contributed by atoms with Crippen LogP contribution in [0.3, 0.4) is 0 Å². The lowest BCUT2D eigenvalue weighted by atomic mass is 10.1. The van der Waals surface area contributed by atoms with Crippen LogP contribution in [0.4, 0.5) is 0 Å². The van der Waals surface area contributed by atoms with Crippen molar-refractivity contribution >= 4 is 15.9 Å². The van der Waals surface area contributed by atoms with Gasteiger partial charge in [-0.25, -0.2) is 0 Å². The minimum atomic E-state index is 0.732. The molecule has 0 saturated carbocycles. The maximum atomic E-state index is 5.24. The van der Waals surface area contributed by atoms with Crippen molar-refractivity contribution in [2.75, 3.05) is 7.11 Å². The van der Waals surface area contributed by atoms with Gasteiger partial charge in [0.1, 0.15) is 5.75 Å². The van der Waals surface area contributed by atoms with Crippen LogP contribution < -0.4 is 4.74 Å². The summed E-state index contributed by atoms with van der Waals surface area (Å²) in [5.41, 5.74) is 3.48. The third kappa shape index (κ3) is 3.16. The predicted molar refractivity (Wildman–Crippen MR) is 87.5 cm³/mol. The molecule has 0 aliphatic rings. The summed E-state index contributed by atoms with van der Waals surface area (Å²) in [4.78, 5) is 0. The van der Waals surface area contributed by atoms with Crippen molar-refractivity contribution in [3.8, 4) is 16.9 Å². The van der Waals surface area contributed by atoms with E-state index in [1.165, 1.54) is 11.1 Å². The molecule has 0 aliphatic heterocycles. The second kappa shape index (κ2) is 6.14. The van der Waals surface area contributed by atoms with Gasteiger partial charge >= 0.3 is 0 Å². The lowest BCUT2D eigenvalue weighted by Gasteiger charge is -2.06. The first-order valence-corrected chi connectivity index (χ1v) is 7.46. The molecule has 1 aromatic heterocycles. The Morgan fingerprint density at radius 1 is 1.10 bits per heavy atom. The maximum absolute atomic E-state index is 5.24. The van der Waals surface area contributed by atoms with Crippen LogP contribution in [0.1, 0.15) is 5.56 Å². The number of methoxy groups -OCH3 is 1. The Morgan fingerprint density at radius 2 is 1.90 bits per heavy atom. The molecule has 0 amide bonds. The highest BCUT2D eigenvalue weighted by Crippen LogP contribution is 2.26. The summed E-state index contributed by atoms with van der Waals surface area (Å²) in [6, 6.07) is 16.3. The van der Waals surface area contributed by atoms with Crippen molar-refractivity contribution in [3.63, 3.8) is 0 Å². The van der Waals surface area contributed by atoms with E-state index in [1.807, 2.05) is 41.2 Å². The molecule has 3 rings (SSSR count). The van der Waals surface area contributed by atoms with Gasteiger partial charge in [0.2, 0.25) is 0 Å². The van der Waals surface area contributed by atoms with Gasteiger partial charge in [0.25, 0.3) is 0 Å². The van der Waals surface area contributed by atoms with E-state index in [0.717, 1.165) is 22.3 Å². The third-order valence-electron chi connectivity index (χ3n) is 3.30. The van der Waals surface area contributed by atoms with Crippen molar-refractivity contribution < 1.29 is 4.74 Å². The summed E-state index contributed by atoms with van der Waals surface area (Å²) in [7, 11) is 1.67. The van der Waals surface area contributed by atoms with E-state index in [2.05, 4.69) is 45.4 Å². The van der Waals surface area contributed by atoms with Gasteiger partial charge in [-0.15, -0.1) is 0 Å². The Labute approximate surface area is 132 Å². The van der Waals surface area contributed by atoms with Crippen LogP contribution in [-0.4, -0.2) is 16.9 Å². The van der Waals surface area contributed by atoms with Crippen LogP contribution in [0, 0.1) is 0 Å². The normalized spacial score (nSPS) is 10.6. The number of hydrogen-bond acceptors (Lipinski definition) is 2. The van der Waals surface area contributed by atoms with E-state index in [9.17, 15) is 0 Å². The van der Waals surface area contributed by atoms with Gasteiger partial charge in [-0.05, 0) is 39.2 Å². The van der Waals surface area contributed by atoms with E-state index in [1.54, 1.807) is 7.11 Å². The fraction of sp³-hybridized carbons (Fsp3) is 0.118. The van der Waals surface area contributed by atoms with Crippen LogP contribution in [0.5, 0.6) is 5.75 Å². The van der Waals surface area contributed by atoms with Gasteiger partial charge in [0.05, 0.1) is 24.3 Å². The lowest BCUT2D eigenvalue weighted by Crippen LogP contribution is -2.00. The van der Waals surface area contributed by atoms with Gasteiger partial charge in [-0.2, -0.15) is 5.10 Å². The van der Waals surface area contributed by atoms with Crippen molar-refractivity contribution in [2.24, 2.45) is 0 Å². The zero-order chi connectivity index (χ0) is 14.7. The Bertz CT molecular complexity index is 738. The van der Waals surface area contributed by atoms with Gasteiger partial charge in [-0.1, -0.05) is 36.4 Å². The second-order valence-corrected chi connectivity index (χ2v) is 5.62. The molecule has 0 aliphatic carbocycles. The predicted octanol–water partition coefficient (Wildman–Crippen LogP) is 4.37. The smallest absolute Gasteiger partial charge is 0.133 e. The molecule has 0 saturated heterocycles. The average molecular weight is 343 g/mol. The van der Waals surface area contributed by atoms with Gasteiger partial charge in [0.15, 0.2) is 0 Å². The Balaban J connectivity index is 1.80. The molecule has 4 heteroatoms. The SMILES string of the molecule is COc1ccc(Cn2cc(-c3ccccc3)cn2)cc1Br. The van der Waals surface area contributed by atoms with Crippen molar-refractivity contribution in [3.05, 3.63) is 71.0 Å². The van der Waals surface area contributed by atoms with Crippen LogP contribution in [0.15, 0.2) is 65.4 Å². The molecular weight excluding hydrogens is 328 g/mol. The van der Waals surface area contributed by atoms with Crippen molar-refractivity contribution in [1.82, 2.24) is 9.78 Å². The molecule has 0 bridgehead atoms. The summed E-state index contributed by atoms with van der Waals surface area (Å²) in [6.07, 6.45) is 3.96. The Kier molecular flexibility index (Phi) is 4.06. The highest BCUT2D eigenvalue weighted by atomic mass is 79.9. The first kappa shape index (κ1) is 13.9. The van der Waals surface area contributed by atoms with Crippen LogP contribution in [0.2, 0.25) is 0 Å². The monoisotopic (exact) mass is 342 g/mol. The molecule has 0 fully saturated rings. The highest BCUT2D eigenvalue weighted by Gasteiger charge is 2.04. The van der Waals surface area contributed by atoms with E-state index < -0.39 is 0 Å². The summed E-state index contributed by atoms with van der Waals surface area (Å²) in [6.45, 7) is 0.732. The third-order valence-corrected chi connectivity index (χ3v) is 3.92. The minimum absolute atomic E-state index is 0.732. The summed E-state index contributed by atoms with van der Waals surface area (Å²) >= 11 is 3.51. The number of ether oxygens (including phenoxy) is 1. The topological polar surface area (TPSA) is 27.1 Å². The number of hydrogen-bond donors (Lipinski definition) is 0.